The second kappa shape index (κ2) is 5.39. The number of nitriles is 1. The number of aromatic nitrogens is 3. The molecule has 0 spiro atoms. The lowest BCUT2D eigenvalue weighted by molar-refractivity contribution is 0.881. The van der Waals surface area contributed by atoms with Crippen LogP contribution in [-0.2, 0) is 0 Å². The Morgan fingerprint density at radius 1 is 1.19 bits per heavy atom. The van der Waals surface area contributed by atoms with Crippen LogP contribution in [0.5, 0.6) is 0 Å². The van der Waals surface area contributed by atoms with Gasteiger partial charge in [0.25, 0.3) is 0 Å². The molecule has 2 aromatic heterocycles. The summed E-state index contributed by atoms with van der Waals surface area (Å²) in [5, 5.41) is 13.7. The summed E-state index contributed by atoms with van der Waals surface area (Å²) in [5.41, 5.74) is 3.84. The number of hydrogen-bond donors (Lipinski definition) is 0. The van der Waals surface area contributed by atoms with Crippen molar-refractivity contribution < 1.29 is 0 Å². The first-order valence-electron chi connectivity index (χ1n) is 6.36. The van der Waals surface area contributed by atoms with Gasteiger partial charge in [-0.1, -0.05) is 29.8 Å². The Kier molecular flexibility index (Phi) is 3.43. The molecule has 0 fully saturated rings. The zero-order valence-corrected chi connectivity index (χ0v) is 12.0. The lowest BCUT2D eigenvalue weighted by Gasteiger charge is -2.05. The molecule has 3 aromatic rings. The molecule has 102 valence electrons. The lowest BCUT2D eigenvalue weighted by atomic mass is 10.1. The Hall–Kier alpha value is -2.64. The van der Waals surface area contributed by atoms with Crippen molar-refractivity contribution in [3.05, 3.63) is 65.2 Å². The third-order valence-electron chi connectivity index (χ3n) is 3.28. The van der Waals surface area contributed by atoms with Crippen molar-refractivity contribution in [3.8, 4) is 22.9 Å². The van der Waals surface area contributed by atoms with Gasteiger partial charge in [0.2, 0.25) is 0 Å². The van der Waals surface area contributed by atoms with E-state index in [0.717, 1.165) is 22.4 Å². The fourth-order valence-corrected chi connectivity index (χ4v) is 2.32. The number of rotatable bonds is 2. The number of pyridine rings is 1. The Bertz CT molecular complexity index is 831. The summed E-state index contributed by atoms with van der Waals surface area (Å²) in [4.78, 5) is 4.09. The maximum Gasteiger partial charge on any atom is 0.159 e. The van der Waals surface area contributed by atoms with Crippen LogP contribution in [0.3, 0.4) is 0 Å². The molecule has 0 amide bonds. The van der Waals surface area contributed by atoms with E-state index < -0.39 is 0 Å². The molecular formula is C16H11ClN4. The summed E-state index contributed by atoms with van der Waals surface area (Å²) >= 11 is 6.16. The van der Waals surface area contributed by atoms with Gasteiger partial charge in [-0.25, -0.2) is 9.67 Å². The minimum absolute atomic E-state index is 0.244. The average Bonchev–Trinajstić information content (AvgIpc) is 3.00. The predicted octanol–water partition coefficient (Wildman–Crippen LogP) is 3.77. The Balaban J connectivity index is 2.06. The van der Waals surface area contributed by atoms with Gasteiger partial charge >= 0.3 is 0 Å². The normalized spacial score (nSPS) is 10.3. The molecular weight excluding hydrogens is 284 g/mol. The molecule has 0 saturated heterocycles. The highest BCUT2D eigenvalue weighted by molar-refractivity contribution is 6.32. The number of para-hydroxylation sites is 1. The van der Waals surface area contributed by atoms with Gasteiger partial charge in [0.05, 0.1) is 16.9 Å². The first-order valence-corrected chi connectivity index (χ1v) is 6.74. The van der Waals surface area contributed by atoms with E-state index in [1.807, 2.05) is 49.5 Å². The van der Waals surface area contributed by atoms with Gasteiger partial charge in [0.1, 0.15) is 6.07 Å². The van der Waals surface area contributed by atoms with Crippen molar-refractivity contribution >= 4 is 11.6 Å². The Morgan fingerprint density at radius 3 is 2.67 bits per heavy atom. The molecule has 4 nitrogen and oxygen atoms in total. The average molecular weight is 295 g/mol. The molecule has 0 radical (unpaired) electrons. The summed E-state index contributed by atoms with van der Waals surface area (Å²) in [6.07, 6.45) is 5.34. The van der Waals surface area contributed by atoms with Gasteiger partial charge in [-0.15, -0.1) is 0 Å². The monoisotopic (exact) mass is 294 g/mol. The zero-order valence-electron chi connectivity index (χ0n) is 11.3. The summed E-state index contributed by atoms with van der Waals surface area (Å²) in [7, 11) is 0. The Morgan fingerprint density at radius 2 is 1.95 bits per heavy atom. The van der Waals surface area contributed by atoms with Crippen LogP contribution in [0.4, 0.5) is 0 Å². The van der Waals surface area contributed by atoms with Gasteiger partial charge in [-0.2, -0.15) is 10.4 Å². The summed E-state index contributed by atoms with van der Waals surface area (Å²) in [6.45, 7) is 1.88. The SMILES string of the molecule is Cc1c(-c2cnn(-c3ccccc3)c2)cnc(C#N)c1Cl. The molecule has 0 atom stereocenters. The van der Waals surface area contributed by atoms with Crippen molar-refractivity contribution in [3.63, 3.8) is 0 Å². The zero-order chi connectivity index (χ0) is 14.8. The van der Waals surface area contributed by atoms with Crippen LogP contribution in [-0.4, -0.2) is 14.8 Å². The lowest BCUT2D eigenvalue weighted by Crippen LogP contribution is -1.93. The third-order valence-corrected chi connectivity index (χ3v) is 3.75. The maximum atomic E-state index is 8.94. The fourth-order valence-electron chi connectivity index (χ4n) is 2.13. The Labute approximate surface area is 127 Å². The second-order valence-electron chi connectivity index (χ2n) is 4.58. The quantitative estimate of drug-likeness (QED) is 0.723. The molecule has 0 aliphatic heterocycles. The number of nitrogens with zero attached hydrogens (tertiary/aromatic N) is 4. The minimum atomic E-state index is 0.244. The molecule has 0 N–H and O–H groups in total. The van der Waals surface area contributed by atoms with E-state index in [1.54, 1.807) is 17.1 Å². The van der Waals surface area contributed by atoms with Crippen molar-refractivity contribution in [2.45, 2.75) is 6.92 Å². The smallest absolute Gasteiger partial charge is 0.159 e. The van der Waals surface area contributed by atoms with E-state index in [9.17, 15) is 0 Å². The van der Waals surface area contributed by atoms with Gasteiger partial charge in [-0.05, 0) is 24.6 Å². The fraction of sp³-hybridized carbons (Fsp3) is 0.0625. The first kappa shape index (κ1) is 13.3. The maximum absolute atomic E-state index is 8.94. The standard InChI is InChI=1S/C16H11ClN4/c1-11-14(9-19-15(7-18)16(11)17)12-8-20-21(10-12)13-5-3-2-4-6-13/h2-6,8-10H,1H3. The highest BCUT2D eigenvalue weighted by atomic mass is 35.5. The molecule has 5 heteroatoms. The minimum Gasteiger partial charge on any atom is -0.243 e. The van der Waals surface area contributed by atoms with Crippen LogP contribution < -0.4 is 0 Å². The van der Waals surface area contributed by atoms with Crippen LogP contribution in [0.15, 0.2) is 48.9 Å². The number of hydrogen-bond acceptors (Lipinski definition) is 3. The van der Waals surface area contributed by atoms with Gasteiger partial charge in [0.15, 0.2) is 5.69 Å². The molecule has 3 rings (SSSR count). The molecule has 0 saturated carbocycles. The second-order valence-corrected chi connectivity index (χ2v) is 4.96. The van der Waals surface area contributed by atoms with E-state index in [0.29, 0.717) is 5.02 Å². The molecule has 0 bridgehead atoms. The molecule has 0 unspecified atom stereocenters. The summed E-state index contributed by atoms with van der Waals surface area (Å²) in [6, 6.07) is 11.8. The predicted molar refractivity (Wildman–Crippen MR) is 81.3 cm³/mol. The van der Waals surface area contributed by atoms with Gasteiger partial charge in [-0.3, -0.25) is 0 Å². The molecule has 0 aliphatic rings. The molecule has 2 heterocycles. The number of benzene rings is 1. The summed E-state index contributed by atoms with van der Waals surface area (Å²) in [5.74, 6) is 0. The van der Waals surface area contributed by atoms with Crippen LogP contribution in [0.2, 0.25) is 5.02 Å². The van der Waals surface area contributed by atoms with Crippen LogP contribution in [0.25, 0.3) is 16.8 Å². The van der Waals surface area contributed by atoms with Crippen molar-refractivity contribution in [1.82, 2.24) is 14.8 Å². The first-order chi connectivity index (χ1) is 10.2. The largest absolute Gasteiger partial charge is 0.243 e. The number of halogens is 1. The van der Waals surface area contributed by atoms with Crippen LogP contribution in [0.1, 0.15) is 11.3 Å². The van der Waals surface area contributed by atoms with E-state index in [1.165, 1.54) is 0 Å². The van der Waals surface area contributed by atoms with Gasteiger partial charge in [0, 0.05) is 23.5 Å². The van der Waals surface area contributed by atoms with Crippen LogP contribution >= 0.6 is 11.6 Å². The summed E-state index contributed by atoms with van der Waals surface area (Å²) < 4.78 is 1.79. The van der Waals surface area contributed by atoms with Crippen molar-refractivity contribution in [2.24, 2.45) is 0 Å². The van der Waals surface area contributed by atoms with E-state index in [4.69, 9.17) is 16.9 Å². The van der Waals surface area contributed by atoms with Crippen molar-refractivity contribution in [1.29, 1.82) is 5.26 Å². The van der Waals surface area contributed by atoms with E-state index in [2.05, 4.69) is 10.1 Å². The third kappa shape index (κ3) is 2.39. The van der Waals surface area contributed by atoms with E-state index in [-0.39, 0.29) is 5.69 Å². The highest BCUT2D eigenvalue weighted by Crippen LogP contribution is 2.29. The molecule has 1 aromatic carbocycles. The van der Waals surface area contributed by atoms with E-state index >= 15 is 0 Å². The molecule has 21 heavy (non-hydrogen) atoms. The highest BCUT2D eigenvalue weighted by Gasteiger charge is 2.12. The van der Waals surface area contributed by atoms with Crippen molar-refractivity contribution in [2.75, 3.05) is 0 Å². The van der Waals surface area contributed by atoms with Crippen LogP contribution in [0, 0.1) is 18.3 Å². The van der Waals surface area contributed by atoms with Gasteiger partial charge < -0.3 is 0 Å². The molecule has 0 aliphatic carbocycles. The topological polar surface area (TPSA) is 54.5 Å².